The highest BCUT2D eigenvalue weighted by atomic mass is 35.5. The zero-order valence-electron chi connectivity index (χ0n) is 17.0. The van der Waals surface area contributed by atoms with Crippen molar-refractivity contribution in [1.29, 1.82) is 0 Å². The first kappa shape index (κ1) is 22.7. The van der Waals surface area contributed by atoms with Crippen molar-refractivity contribution in [1.82, 2.24) is 9.55 Å². The number of nitrogens with one attached hydrogen (secondary N) is 1. The lowest BCUT2D eigenvalue weighted by atomic mass is 10.1. The van der Waals surface area contributed by atoms with Gasteiger partial charge in [0, 0.05) is 34.4 Å². The number of benzene rings is 2. The fourth-order valence-corrected chi connectivity index (χ4v) is 3.75. The van der Waals surface area contributed by atoms with Gasteiger partial charge in [-0.2, -0.15) is 0 Å². The number of aromatic nitrogens is 2. The van der Waals surface area contributed by atoms with Crippen LogP contribution < -0.4 is 15.8 Å². The van der Waals surface area contributed by atoms with Crippen LogP contribution >= 0.6 is 23.2 Å². The van der Waals surface area contributed by atoms with Crippen LogP contribution in [0.1, 0.15) is 16.1 Å². The number of aliphatic hydroxyl groups excluding tert-OH is 1. The number of ether oxygens (including phenoxy) is 1. The number of halogens is 2. The minimum atomic E-state index is -0.864. The van der Waals surface area contributed by atoms with Crippen LogP contribution in [0.4, 0.5) is 10.5 Å². The highest BCUT2D eigenvalue weighted by molar-refractivity contribution is 6.37. The summed E-state index contributed by atoms with van der Waals surface area (Å²) in [5, 5.41) is 13.5. The zero-order chi connectivity index (χ0) is 23.5. The van der Waals surface area contributed by atoms with Gasteiger partial charge in [0.1, 0.15) is 29.7 Å². The average Bonchev–Trinajstić information content (AvgIpc) is 3.39. The van der Waals surface area contributed by atoms with Crippen LogP contribution in [0.15, 0.2) is 59.5 Å². The molecule has 170 valence electrons. The number of rotatable bonds is 8. The van der Waals surface area contributed by atoms with E-state index in [9.17, 15) is 14.7 Å². The van der Waals surface area contributed by atoms with Crippen molar-refractivity contribution in [3.05, 3.63) is 76.5 Å². The lowest BCUT2D eigenvalue weighted by Gasteiger charge is -2.12. The number of fused-ring (bicyclic) bond motifs is 1. The molecule has 0 aliphatic heterocycles. The number of aliphatic hydroxyl groups is 1. The van der Waals surface area contributed by atoms with E-state index in [0.717, 1.165) is 0 Å². The van der Waals surface area contributed by atoms with Gasteiger partial charge in [-0.05, 0) is 30.3 Å². The molecular formula is C22H18Cl2N4O5. The molecule has 2 aromatic heterocycles. The summed E-state index contributed by atoms with van der Waals surface area (Å²) in [6.45, 7) is 0.332. The zero-order valence-corrected chi connectivity index (χ0v) is 18.5. The molecule has 0 unspecified atom stereocenters. The number of amides is 2. The largest absolute Gasteiger partial charge is 0.491 e. The number of nitrogens with zero attached hydrogens (tertiary/aromatic N) is 2. The molecule has 2 heterocycles. The molecule has 33 heavy (non-hydrogen) atoms. The Morgan fingerprint density at radius 3 is 2.76 bits per heavy atom. The molecule has 0 saturated carbocycles. The summed E-state index contributed by atoms with van der Waals surface area (Å²) in [6.07, 6.45) is 4.17. The van der Waals surface area contributed by atoms with Crippen molar-refractivity contribution in [2.45, 2.75) is 12.6 Å². The van der Waals surface area contributed by atoms with E-state index in [-0.39, 0.29) is 34.2 Å². The molecule has 0 aliphatic carbocycles. The molecule has 0 fully saturated rings. The summed E-state index contributed by atoms with van der Waals surface area (Å²) >= 11 is 12.1. The maximum absolute atomic E-state index is 13.1. The number of nitrogens with two attached hydrogens (primary N) is 1. The summed E-state index contributed by atoms with van der Waals surface area (Å²) < 4.78 is 13.2. The number of carbonyl (C=O) groups is 2. The second kappa shape index (κ2) is 9.53. The van der Waals surface area contributed by atoms with Crippen LogP contribution in [-0.2, 0) is 6.54 Å². The van der Waals surface area contributed by atoms with Crippen LogP contribution in [-0.4, -0.2) is 39.2 Å². The third kappa shape index (κ3) is 5.11. The second-order valence-corrected chi connectivity index (χ2v) is 7.97. The summed E-state index contributed by atoms with van der Waals surface area (Å²) in [6, 6.07) is 8.33. The summed E-state index contributed by atoms with van der Waals surface area (Å²) in [7, 11) is 0. The van der Waals surface area contributed by atoms with E-state index in [1.54, 1.807) is 41.5 Å². The molecule has 4 rings (SSSR count). The second-order valence-electron chi connectivity index (χ2n) is 7.13. The number of furan rings is 1. The highest BCUT2D eigenvalue weighted by Gasteiger charge is 2.25. The highest BCUT2D eigenvalue weighted by Crippen LogP contribution is 2.36. The fourth-order valence-electron chi connectivity index (χ4n) is 3.25. The number of imidazole rings is 1. The normalized spacial score (nSPS) is 12.0. The SMILES string of the molecule is NC(=O)Nc1c(C(=O)c2ccc(Cl)cc2Cl)oc2cc(OC[C@@H](O)Cn3ccnc3)ccc12. The van der Waals surface area contributed by atoms with Gasteiger partial charge in [0.25, 0.3) is 0 Å². The molecular weight excluding hydrogens is 471 g/mol. The van der Waals surface area contributed by atoms with Gasteiger partial charge in [-0.25, -0.2) is 9.78 Å². The molecule has 0 saturated heterocycles. The molecule has 4 aromatic rings. The Kier molecular flexibility index (Phi) is 6.55. The van der Waals surface area contributed by atoms with Gasteiger partial charge in [0.15, 0.2) is 5.76 Å². The monoisotopic (exact) mass is 488 g/mol. The van der Waals surface area contributed by atoms with E-state index in [4.69, 9.17) is 38.1 Å². The van der Waals surface area contributed by atoms with Gasteiger partial charge < -0.3 is 29.9 Å². The average molecular weight is 489 g/mol. The van der Waals surface area contributed by atoms with Crippen molar-refractivity contribution < 1.29 is 23.8 Å². The lowest BCUT2D eigenvalue weighted by Crippen LogP contribution is -2.22. The smallest absolute Gasteiger partial charge is 0.316 e. The molecule has 11 heteroatoms. The van der Waals surface area contributed by atoms with E-state index in [1.165, 1.54) is 18.2 Å². The van der Waals surface area contributed by atoms with Crippen molar-refractivity contribution >= 4 is 51.7 Å². The van der Waals surface area contributed by atoms with Crippen molar-refractivity contribution in [3.63, 3.8) is 0 Å². The molecule has 0 spiro atoms. The molecule has 0 aliphatic rings. The molecule has 0 bridgehead atoms. The Hall–Kier alpha value is -3.53. The minimum absolute atomic E-state index is 0.0168. The van der Waals surface area contributed by atoms with E-state index in [1.807, 2.05) is 0 Å². The van der Waals surface area contributed by atoms with Gasteiger partial charge in [0.05, 0.1) is 17.9 Å². The van der Waals surface area contributed by atoms with E-state index in [2.05, 4.69) is 10.3 Å². The van der Waals surface area contributed by atoms with Crippen molar-refractivity contribution in [3.8, 4) is 5.75 Å². The van der Waals surface area contributed by atoms with Gasteiger partial charge in [-0.1, -0.05) is 23.2 Å². The number of anilines is 1. The number of primary amides is 1. The van der Waals surface area contributed by atoms with Crippen LogP contribution in [0, 0.1) is 0 Å². The molecule has 0 radical (unpaired) electrons. The maximum Gasteiger partial charge on any atom is 0.316 e. The maximum atomic E-state index is 13.1. The number of urea groups is 1. The minimum Gasteiger partial charge on any atom is -0.491 e. The van der Waals surface area contributed by atoms with Crippen LogP contribution in [0.5, 0.6) is 5.75 Å². The fraction of sp³-hybridized carbons (Fsp3) is 0.136. The standard InChI is InChI=1S/C22H18Cl2N4O5/c23-12-1-3-15(17(24)7-12)20(30)21-19(27-22(25)31)16-4-2-14(8-18(16)33-21)32-10-13(29)9-28-6-5-26-11-28/h1-8,11,13,29H,9-10H2,(H3,25,27,31)/t13-/m0/s1. The Bertz CT molecular complexity index is 1320. The first-order chi connectivity index (χ1) is 15.8. The number of carbonyl (C=O) groups excluding carboxylic acids is 2. The van der Waals surface area contributed by atoms with Crippen LogP contribution in [0.3, 0.4) is 0 Å². The topological polar surface area (TPSA) is 133 Å². The Morgan fingerprint density at radius 2 is 2.06 bits per heavy atom. The number of ketones is 1. The molecule has 2 aromatic carbocycles. The molecule has 2 amide bonds. The third-order valence-electron chi connectivity index (χ3n) is 4.71. The van der Waals surface area contributed by atoms with Gasteiger partial charge in [0.2, 0.25) is 5.78 Å². The van der Waals surface area contributed by atoms with Gasteiger partial charge in [-0.15, -0.1) is 0 Å². The van der Waals surface area contributed by atoms with Crippen LogP contribution in [0.25, 0.3) is 11.0 Å². The number of hydrogen-bond donors (Lipinski definition) is 3. The summed E-state index contributed by atoms with van der Waals surface area (Å²) in [5.41, 5.74) is 5.82. The van der Waals surface area contributed by atoms with Crippen LogP contribution in [0.2, 0.25) is 10.0 Å². The predicted molar refractivity (Wildman–Crippen MR) is 123 cm³/mol. The first-order valence-corrected chi connectivity index (χ1v) is 10.5. The summed E-state index contributed by atoms with van der Waals surface area (Å²) in [5.74, 6) is -0.310. The molecule has 4 N–H and O–H groups in total. The van der Waals surface area contributed by atoms with E-state index >= 15 is 0 Å². The summed E-state index contributed by atoms with van der Waals surface area (Å²) in [4.78, 5) is 28.6. The van der Waals surface area contributed by atoms with Gasteiger partial charge in [-0.3, -0.25) is 4.79 Å². The first-order valence-electron chi connectivity index (χ1n) is 9.71. The van der Waals surface area contributed by atoms with Crippen molar-refractivity contribution in [2.75, 3.05) is 11.9 Å². The lowest BCUT2D eigenvalue weighted by molar-refractivity contribution is 0.0925. The van der Waals surface area contributed by atoms with E-state index < -0.39 is 17.9 Å². The molecule has 1 atom stereocenters. The Labute approximate surface area is 197 Å². The van der Waals surface area contributed by atoms with Gasteiger partial charge >= 0.3 is 6.03 Å². The predicted octanol–water partition coefficient (Wildman–Crippen LogP) is 4.10. The Morgan fingerprint density at radius 1 is 1.24 bits per heavy atom. The number of hydrogen-bond acceptors (Lipinski definition) is 6. The Balaban J connectivity index is 1.61. The quantitative estimate of drug-likeness (QED) is 0.319. The molecule has 9 nitrogen and oxygen atoms in total. The van der Waals surface area contributed by atoms with Crippen molar-refractivity contribution in [2.24, 2.45) is 5.73 Å². The van der Waals surface area contributed by atoms with E-state index in [0.29, 0.717) is 22.7 Å². The third-order valence-corrected chi connectivity index (χ3v) is 5.26.